The molecular weight excluding hydrogens is 428 g/mol. The van der Waals surface area contributed by atoms with E-state index in [1.807, 2.05) is 54.6 Å². The Kier molecular flexibility index (Phi) is 6.69. The molecule has 0 spiro atoms. The van der Waals surface area contributed by atoms with Crippen LogP contribution in [0.2, 0.25) is 0 Å². The molecule has 0 aliphatic carbocycles. The van der Waals surface area contributed by atoms with Crippen LogP contribution in [0.25, 0.3) is 22.0 Å². The maximum atomic E-state index is 5.52. The van der Waals surface area contributed by atoms with Gasteiger partial charge in [-0.15, -0.1) is 28.1 Å². The lowest BCUT2D eigenvalue weighted by atomic mass is 10.2. The Hall–Kier alpha value is -3.10. The van der Waals surface area contributed by atoms with Crippen molar-refractivity contribution in [2.45, 2.75) is 17.5 Å². The van der Waals surface area contributed by atoms with Crippen molar-refractivity contribution in [2.75, 3.05) is 14.2 Å². The van der Waals surface area contributed by atoms with E-state index in [0.29, 0.717) is 12.3 Å². The molecule has 0 aliphatic heterocycles. The molecule has 4 rings (SSSR count). The SMILES string of the molecule is C=CCn1c(SCc2csc(-c3ccc(OC)cc3OC)n2)nnc1-c1ccccc1. The first-order valence-electron chi connectivity index (χ1n) is 9.62. The van der Waals surface area contributed by atoms with Gasteiger partial charge in [0.2, 0.25) is 0 Å². The van der Waals surface area contributed by atoms with Crippen LogP contribution in [0.4, 0.5) is 0 Å². The molecule has 0 unspecified atom stereocenters. The van der Waals surface area contributed by atoms with Gasteiger partial charge in [0.1, 0.15) is 16.5 Å². The first-order chi connectivity index (χ1) is 15.2. The molecule has 0 fully saturated rings. The zero-order valence-corrected chi connectivity index (χ0v) is 18.9. The second-order valence-electron chi connectivity index (χ2n) is 6.57. The summed E-state index contributed by atoms with van der Waals surface area (Å²) in [5.74, 6) is 3.03. The van der Waals surface area contributed by atoms with Crippen LogP contribution in [0, 0.1) is 0 Å². The van der Waals surface area contributed by atoms with E-state index in [1.165, 1.54) is 0 Å². The van der Waals surface area contributed by atoms with Gasteiger partial charge >= 0.3 is 0 Å². The first kappa shape index (κ1) is 21.1. The van der Waals surface area contributed by atoms with E-state index >= 15 is 0 Å². The van der Waals surface area contributed by atoms with E-state index in [1.54, 1.807) is 37.3 Å². The maximum Gasteiger partial charge on any atom is 0.192 e. The molecule has 0 amide bonds. The number of thioether (sulfide) groups is 1. The summed E-state index contributed by atoms with van der Waals surface area (Å²) in [4.78, 5) is 4.80. The zero-order valence-electron chi connectivity index (χ0n) is 17.3. The summed E-state index contributed by atoms with van der Waals surface area (Å²) in [6, 6.07) is 15.8. The van der Waals surface area contributed by atoms with Gasteiger partial charge in [-0.3, -0.25) is 4.57 Å². The van der Waals surface area contributed by atoms with E-state index in [4.69, 9.17) is 14.5 Å². The molecule has 0 atom stereocenters. The largest absolute Gasteiger partial charge is 0.497 e. The summed E-state index contributed by atoms with van der Waals surface area (Å²) in [5, 5.41) is 12.6. The molecule has 2 aromatic carbocycles. The minimum Gasteiger partial charge on any atom is -0.497 e. The highest BCUT2D eigenvalue weighted by Crippen LogP contribution is 2.36. The predicted molar refractivity (Wildman–Crippen MR) is 126 cm³/mol. The Bertz CT molecular complexity index is 1170. The highest BCUT2D eigenvalue weighted by atomic mass is 32.2. The van der Waals surface area contributed by atoms with Gasteiger partial charge in [0.15, 0.2) is 11.0 Å². The smallest absolute Gasteiger partial charge is 0.192 e. The van der Waals surface area contributed by atoms with Gasteiger partial charge in [0, 0.05) is 29.3 Å². The first-order valence-corrected chi connectivity index (χ1v) is 11.5. The average Bonchev–Trinajstić information content (AvgIpc) is 3.45. The lowest BCUT2D eigenvalue weighted by Crippen LogP contribution is -2.00. The van der Waals surface area contributed by atoms with E-state index in [2.05, 4.69) is 26.7 Å². The minimum absolute atomic E-state index is 0.644. The Labute approximate surface area is 189 Å². The molecular formula is C23H22N4O2S2. The van der Waals surface area contributed by atoms with Crippen LogP contribution in [0.15, 0.2) is 71.7 Å². The number of thiazole rings is 1. The fourth-order valence-corrected chi connectivity index (χ4v) is 4.90. The lowest BCUT2D eigenvalue weighted by Gasteiger charge is -2.08. The van der Waals surface area contributed by atoms with Crippen LogP contribution < -0.4 is 9.47 Å². The van der Waals surface area contributed by atoms with Gasteiger partial charge in [-0.25, -0.2) is 4.98 Å². The van der Waals surface area contributed by atoms with Gasteiger partial charge in [0.25, 0.3) is 0 Å². The molecule has 31 heavy (non-hydrogen) atoms. The Morgan fingerprint density at radius 2 is 1.94 bits per heavy atom. The molecule has 0 aliphatic rings. The van der Waals surface area contributed by atoms with Gasteiger partial charge in [0.05, 0.1) is 25.5 Å². The fourth-order valence-electron chi connectivity index (χ4n) is 3.10. The van der Waals surface area contributed by atoms with Crippen molar-refractivity contribution in [3.63, 3.8) is 0 Å². The van der Waals surface area contributed by atoms with E-state index < -0.39 is 0 Å². The van der Waals surface area contributed by atoms with E-state index in [-0.39, 0.29) is 0 Å². The average molecular weight is 451 g/mol. The number of methoxy groups -OCH3 is 2. The summed E-state index contributed by atoms with van der Waals surface area (Å²) in [6.07, 6.45) is 1.86. The number of hydrogen-bond donors (Lipinski definition) is 0. The Balaban J connectivity index is 1.53. The minimum atomic E-state index is 0.644. The Morgan fingerprint density at radius 3 is 2.68 bits per heavy atom. The van der Waals surface area contributed by atoms with Crippen LogP contribution >= 0.6 is 23.1 Å². The molecule has 2 aromatic heterocycles. The number of allylic oxidation sites excluding steroid dienone is 1. The molecule has 2 heterocycles. The lowest BCUT2D eigenvalue weighted by molar-refractivity contribution is 0.395. The van der Waals surface area contributed by atoms with Gasteiger partial charge < -0.3 is 9.47 Å². The maximum absolute atomic E-state index is 5.52. The second kappa shape index (κ2) is 9.80. The van der Waals surface area contributed by atoms with Crippen molar-refractivity contribution in [1.82, 2.24) is 19.7 Å². The standard InChI is InChI=1S/C23H22N4O2S2/c1-4-12-27-21(16-8-6-5-7-9-16)25-26-23(27)31-15-17-14-30-22(24-17)19-11-10-18(28-2)13-20(19)29-3/h4-11,13-14H,1,12,15H2,2-3H3. The van der Waals surface area contributed by atoms with Crippen molar-refractivity contribution in [3.05, 3.63) is 72.3 Å². The van der Waals surface area contributed by atoms with E-state index in [9.17, 15) is 0 Å². The number of ether oxygens (including phenoxy) is 2. The van der Waals surface area contributed by atoms with Crippen molar-refractivity contribution in [2.24, 2.45) is 0 Å². The second-order valence-corrected chi connectivity index (χ2v) is 8.37. The summed E-state index contributed by atoms with van der Waals surface area (Å²) in [7, 11) is 3.29. The third-order valence-electron chi connectivity index (χ3n) is 4.60. The summed E-state index contributed by atoms with van der Waals surface area (Å²) in [5.41, 5.74) is 2.97. The van der Waals surface area contributed by atoms with Crippen LogP contribution in [0.3, 0.4) is 0 Å². The third kappa shape index (κ3) is 4.65. The Morgan fingerprint density at radius 1 is 1.10 bits per heavy atom. The normalized spacial score (nSPS) is 10.8. The van der Waals surface area contributed by atoms with Crippen LogP contribution in [-0.2, 0) is 12.3 Å². The molecule has 0 saturated carbocycles. The van der Waals surface area contributed by atoms with Crippen LogP contribution in [0.1, 0.15) is 5.69 Å². The van der Waals surface area contributed by atoms with Crippen molar-refractivity contribution in [1.29, 1.82) is 0 Å². The highest BCUT2D eigenvalue weighted by Gasteiger charge is 2.15. The van der Waals surface area contributed by atoms with E-state index in [0.717, 1.165) is 44.3 Å². The van der Waals surface area contributed by atoms with Crippen LogP contribution in [0.5, 0.6) is 11.5 Å². The van der Waals surface area contributed by atoms with Gasteiger partial charge in [-0.1, -0.05) is 48.2 Å². The van der Waals surface area contributed by atoms with Gasteiger partial charge in [-0.2, -0.15) is 0 Å². The molecule has 0 saturated heterocycles. The third-order valence-corrected chi connectivity index (χ3v) is 6.53. The molecule has 158 valence electrons. The number of rotatable bonds is 9. The fraction of sp³-hybridized carbons (Fsp3) is 0.174. The summed E-state index contributed by atoms with van der Waals surface area (Å²) in [6.45, 7) is 4.52. The number of benzene rings is 2. The van der Waals surface area contributed by atoms with Crippen molar-refractivity contribution >= 4 is 23.1 Å². The molecule has 6 nitrogen and oxygen atoms in total. The summed E-state index contributed by atoms with van der Waals surface area (Å²) >= 11 is 3.21. The van der Waals surface area contributed by atoms with Crippen LogP contribution in [-0.4, -0.2) is 34.0 Å². The topological polar surface area (TPSA) is 62.1 Å². The number of nitrogens with zero attached hydrogens (tertiary/aromatic N) is 4. The molecule has 0 N–H and O–H groups in total. The quantitative estimate of drug-likeness (QED) is 0.246. The van der Waals surface area contributed by atoms with Crippen molar-refractivity contribution < 1.29 is 9.47 Å². The highest BCUT2D eigenvalue weighted by molar-refractivity contribution is 7.98. The monoisotopic (exact) mass is 450 g/mol. The summed E-state index contributed by atoms with van der Waals surface area (Å²) < 4.78 is 12.9. The number of hydrogen-bond acceptors (Lipinski definition) is 7. The molecule has 0 radical (unpaired) electrons. The van der Waals surface area contributed by atoms with Crippen molar-refractivity contribution in [3.8, 4) is 33.5 Å². The van der Waals surface area contributed by atoms with Gasteiger partial charge in [-0.05, 0) is 12.1 Å². The molecule has 4 aromatic rings. The zero-order chi connectivity index (χ0) is 21.6. The number of aromatic nitrogens is 4. The predicted octanol–water partition coefficient (Wildman–Crippen LogP) is 5.56. The molecule has 8 heteroatoms. The molecule has 0 bridgehead atoms.